The van der Waals surface area contributed by atoms with E-state index in [9.17, 15) is 13.2 Å². The van der Waals surface area contributed by atoms with Gasteiger partial charge in [-0.05, 0) is 43.1 Å². The number of rotatable bonds is 4. The van der Waals surface area contributed by atoms with Gasteiger partial charge in [-0.3, -0.25) is 9.88 Å². The van der Waals surface area contributed by atoms with E-state index in [2.05, 4.69) is 21.3 Å². The SMILES string of the molecule is FC(F)(F)c1cccc(CN2CCCC(Nc3cccc4cnccc34)C2)c1. The van der Waals surface area contributed by atoms with Crippen LogP contribution in [0.1, 0.15) is 24.0 Å². The number of hydrogen-bond donors (Lipinski definition) is 1. The Labute approximate surface area is 162 Å². The molecule has 1 aliphatic heterocycles. The van der Waals surface area contributed by atoms with E-state index in [0.717, 1.165) is 48.5 Å². The van der Waals surface area contributed by atoms with Crippen LogP contribution in [-0.2, 0) is 12.7 Å². The number of nitrogens with one attached hydrogen (secondary N) is 1. The van der Waals surface area contributed by atoms with Gasteiger partial charge in [0, 0.05) is 48.0 Å². The van der Waals surface area contributed by atoms with Crippen molar-refractivity contribution >= 4 is 16.5 Å². The Morgan fingerprint density at radius 1 is 1.11 bits per heavy atom. The lowest BCUT2D eigenvalue weighted by atomic mass is 10.0. The summed E-state index contributed by atoms with van der Waals surface area (Å²) in [6.45, 7) is 2.23. The van der Waals surface area contributed by atoms with Gasteiger partial charge >= 0.3 is 6.18 Å². The maximum atomic E-state index is 13.0. The third kappa shape index (κ3) is 4.28. The molecule has 4 rings (SSSR count). The molecule has 1 aliphatic rings. The molecular weight excluding hydrogens is 363 g/mol. The van der Waals surface area contributed by atoms with E-state index in [-0.39, 0.29) is 6.04 Å². The molecule has 1 unspecified atom stereocenters. The average Bonchev–Trinajstić information content (AvgIpc) is 2.68. The van der Waals surface area contributed by atoms with E-state index >= 15 is 0 Å². The fourth-order valence-corrected chi connectivity index (χ4v) is 3.89. The van der Waals surface area contributed by atoms with Crippen LogP contribution in [-0.4, -0.2) is 29.0 Å². The second-order valence-electron chi connectivity index (χ2n) is 7.32. The summed E-state index contributed by atoms with van der Waals surface area (Å²) in [6.07, 6.45) is 1.39. The summed E-state index contributed by atoms with van der Waals surface area (Å²) in [7, 11) is 0. The summed E-state index contributed by atoms with van der Waals surface area (Å²) in [5, 5.41) is 5.84. The minimum atomic E-state index is -4.30. The molecule has 1 atom stereocenters. The number of anilines is 1. The normalized spacial score (nSPS) is 18.3. The summed E-state index contributed by atoms with van der Waals surface area (Å²) in [5.74, 6) is 0. The molecule has 146 valence electrons. The van der Waals surface area contributed by atoms with E-state index in [1.165, 1.54) is 12.1 Å². The number of aromatic nitrogens is 1. The smallest absolute Gasteiger partial charge is 0.381 e. The van der Waals surface area contributed by atoms with Gasteiger partial charge in [0.25, 0.3) is 0 Å². The van der Waals surface area contributed by atoms with Gasteiger partial charge in [0.15, 0.2) is 0 Å². The van der Waals surface area contributed by atoms with Gasteiger partial charge in [0.05, 0.1) is 5.56 Å². The molecule has 0 bridgehead atoms. The van der Waals surface area contributed by atoms with Gasteiger partial charge in [0.2, 0.25) is 0 Å². The van der Waals surface area contributed by atoms with Crippen molar-refractivity contribution in [3.63, 3.8) is 0 Å². The summed E-state index contributed by atoms with van der Waals surface area (Å²) < 4.78 is 38.9. The highest BCUT2D eigenvalue weighted by Gasteiger charge is 2.30. The van der Waals surface area contributed by atoms with Crippen LogP contribution in [0.5, 0.6) is 0 Å². The second kappa shape index (κ2) is 7.80. The van der Waals surface area contributed by atoms with E-state index in [0.29, 0.717) is 12.1 Å². The molecule has 3 aromatic rings. The zero-order valence-electron chi connectivity index (χ0n) is 15.4. The predicted octanol–water partition coefficient (Wildman–Crippen LogP) is 5.33. The van der Waals surface area contributed by atoms with Crippen LogP contribution < -0.4 is 5.32 Å². The molecule has 3 nitrogen and oxygen atoms in total. The molecule has 1 saturated heterocycles. The third-order valence-corrected chi connectivity index (χ3v) is 5.21. The number of pyridine rings is 1. The van der Waals surface area contributed by atoms with Crippen LogP contribution in [0.15, 0.2) is 60.9 Å². The topological polar surface area (TPSA) is 28.2 Å². The van der Waals surface area contributed by atoms with Crippen molar-refractivity contribution < 1.29 is 13.2 Å². The number of nitrogens with zero attached hydrogens (tertiary/aromatic N) is 2. The van der Waals surface area contributed by atoms with E-state index < -0.39 is 11.7 Å². The van der Waals surface area contributed by atoms with E-state index in [1.807, 2.05) is 24.4 Å². The number of fused-ring (bicyclic) bond motifs is 1. The lowest BCUT2D eigenvalue weighted by molar-refractivity contribution is -0.137. The number of piperidine rings is 1. The highest BCUT2D eigenvalue weighted by Crippen LogP contribution is 2.30. The molecule has 0 saturated carbocycles. The van der Waals surface area contributed by atoms with Gasteiger partial charge in [0.1, 0.15) is 0 Å². The first-order chi connectivity index (χ1) is 13.5. The number of benzene rings is 2. The number of hydrogen-bond acceptors (Lipinski definition) is 3. The Hall–Kier alpha value is -2.60. The standard InChI is InChI=1S/C22H22F3N3/c23-22(24,25)18-6-1-4-16(12-18)14-28-11-3-7-19(15-28)27-21-8-2-5-17-13-26-10-9-20(17)21/h1-2,4-6,8-10,12-13,19,27H,3,7,11,14-15H2. The van der Waals surface area contributed by atoms with Gasteiger partial charge < -0.3 is 5.32 Å². The summed E-state index contributed by atoms with van der Waals surface area (Å²) in [5.41, 5.74) is 1.19. The van der Waals surface area contributed by atoms with Crippen molar-refractivity contribution in [2.24, 2.45) is 0 Å². The Balaban J connectivity index is 1.45. The first kappa shape index (κ1) is 18.7. The van der Waals surface area contributed by atoms with Crippen LogP contribution in [0.4, 0.5) is 18.9 Å². The number of halogens is 3. The molecule has 1 aromatic heterocycles. The first-order valence-corrected chi connectivity index (χ1v) is 9.47. The van der Waals surface area contributed by atoms with Gasteiger partial charge in [-0.15, -0.1) is 0 Å². The Kier molecular flexibility index (Phi) is 5.22. The number of alkyl halides is 3. The van der Waals surface area contributed by atoms with E-state index in [4.69, 9.17) is 0 Å². The molecule has 1 fully saturated rings. The lowest BCUT2D eigenvalue weighted by Gasteiger charge is -2.34. The Morgan fingerprint density at radius 3 is 2.82 bits per heavy atom. The quantitative estimate of drug-likeness (QED) is 0.658. The molecule has 2 aromatic carbocycles. The van der Waals surface area contributed by atoms with Crippen molar-refractivity contribution in [2.75, 3.05) is 18.4 Å². The highest BCUT2D eigenvalue weighted by atomic mass is 19.4. The maximum absolute atomic E-state index is 13.0. The summed E-state index contributed by atoms with van der Waals surface area (Å²) >= 11 is 0. The van der Waals surface area contributed by atoms with Crippen molar-refractivity contribution in [1.29, 1.82) is 0 Å². The van der Waals surface area contributed by atoms with Crippen molar-refractivity contribution in [2.45, 2.75) is 31.6 Å². The monoisotopic (exact) mass is 385 g/mol. The molecule has 2 heterocycles. The highest BCUT2D eigenvalue weighted by molar-refractivity contribution is 5.93. The number of likely N-dealkylation sites (tertiary alicyclic amines) is 1. The molecule has 28 heavy (non-hydrogen) atoms. The van der Waals surface area contributed by atoms with Crippen molar-refractivity contribution in [3.05, 3.63) is 72.1 Å². The summed E-state index contributed by atoms with van der Waals surface area (Å²) in [6, 6.07) is 14.0. The third-order valence-electron chi connectivity index (χ3n) is 5.21. The Bertz CT molecular complexity index is 950. The van der Waals surface area contributed by atoms with Gasteiger partial charge in [-0.25, -0.2) is 0 Å². The summed E-state index contributed by atoms with van der Waals surface area (Å²) in [4.78, 5) is 6.39. The molecular formula is C22H22F3N3. The minimum Gasteiger partial charge on any atom is -0.381 e. The van der Waals surface area contributed by atoms with Crippen LogP contribution in [0, 0.1) is 0 Å². The molecule has 0 radical (unpaired) electrons. The van der Waals surface area contributed by atoms with Gasteiger partial charge in [-0.1, -0.05) is 30.3 Å². The molecule has 6 heteroatoms. The molecule has 1 N–H and O–H groups in total. The Morgan fingerprint density at radius 2 is 1.96 bits per heavy atom. The second-order valence-corrected chi connectivity index (χ2v) is 7.32. The molecule has 0 spiro atoms. The minimum absolute atomic E-state index is 0.262. The predicted molar refractivity (Wildman–Crippen MR) is 105 cm³/mol. The lowest BCUT2D eigenvalue weighted by Crippen LogP contribution is -2.41. The van der Waals surface area contributed by atoms with E-state index in [1.54, 1.807) is 12.3 Å². The van der Waals surface area contributed by atoms with Gasteiger partial charge in [-0.2, -0.15) is 13.2 Å². The van der Waals surface area contributed by atoms with Crippen molar-refractivity contribution in [3.8, 4) is 0 Å². The van der Waals surface area contributed by atoms with Crippen LogP contribution in [0.25, 0.3) is 10.8 Å². The maximum Gasteiger partial charge on any atom is 0.416 e. The van der Waals surface area contributed by atoms with Crippen molar-refractivity contribution in [1.82, 2.24) is 9.88 Å². The van der Waals surface area contributed by atoms with Crippen LogP contribution in [0.2, 0.25) is 0 Å². The zero-order chi connectivity index (χ0) is 19.6. The van der Waals surface area contributed by atoms with Crippen LogP contribution in [0.3, 0.4) is 0 Å². The average molecular weight is 385 g/mol. The fraction of sp³-hybridized carbons (Fsp3) is 0.318. The zero-order valence-corrected chi connectivity index (χ0v) is 15.4. The molecule has 0 aliphatic carbocycles. The molecule has 0 amide bonds. The largest absolute Gasteiger partial charge is 0.416 e. The first-order valence-electron chi connectivity index (χ1n) is 9.47. The fourth-order valence-electron chi connectivity index (χ4n) is 3.89. The van der Waals surface area contributed by atoms with Crippen LogP contribution >= 0.6 is 0 Å².